The fourth-order valence-electron chi connectivity index (χ4n) is 1.75. The molecule has 0 saturated heterocycles. The second-order valence-corrected chi connectivity index (χ2v) is 4.83. The van der Waals surface area contributed by atoms with E-state index in [1.54, 1.807) is 12.3 Å². The minimum Gasteiger partial charge on any atom is -0.354 e. The van der Waals surface area contributed by atoms with Gasteiger partial charge in [-0.05, 0) is 45.8 Å². The molecule has 0 fully saturated rings. The van der Waals surface area contributed by atoms with Crippen molar-refractivity contribution in [3.63, 3.8) is 0 Å². The third-order valence-corrected chi connectivity index (χ3v) is 3.20. The monoisotopic (exact) mass is 301 g/mol. The number of pyridine rings is 1. The minimum atomic E-state index is 0.681. The molecule has 1 aromatic heterocycles. The lowest BCUT2D eigenvalue weighted by atomic mass is 10.1. The van der Waals surface area contributed by atoms with Crippen LogP contribution in [-0.4, -0.2) is 12.0 Å². The van der Waals surface area contributed by atoms with E-state index in [0.29, 0.717) is 12.1 Å². The van der Waals surface area contributed by atoms with Gasteiger partial charge in [0.2, 0.25) is 0 Å². The highest BCUT2D eigenvalue weighted by Crippen LogP contribution is 2.23. The van der Waals surface area contributed by atoms with Gasteiger partial charge in [-0.25, -0.2) is 4.98 Å². The van der Waals surface area contributed by atoms with Crippen molar-refractivity contribution in [2.45, 2.75) is 6.54 Å². The Morgan fingerprint density at radius 3 is 2.89 bits per heavy atom. The van der Waals surface area contributed by atoms with E-state index in [9.17, 15) is 0 Å². The highest BCUT2D eigenvalue weighted by atomic mass is 79.9. The van der Waals surface area contributed by atoms with Crippen LogP contribution in [0, 0.1) is 11.3 Å². The number of nitrogens with zero attached hydrogens (tertiary/aromatic N) is 3. The number of rotatable bonds is 3. The first-order valence-electron chi connectivity index (χ1n) is 5.51. The van der Waals surface area contributed by atoms with Gasteiger partial charge in [-0.2, -0.15) is 5.26 Å². The molecule has 18 heavy (non-hydrogen) atoms. The van der Waals surface area contributed by atoms with E-state index in [-0.39, 0.29) is 0 Å². The number of nitriles is 1. The molecule has 0 aliphatic rings. The maximum atomic E-state index is 8.87. The predicted molar refractivity (Wildman–Crippen MR) is 75.2 cm³/mol. The van der Waals surface area contributed by atoms with E-state index < -0.39 is 0 Å². The van der Waals surface area contributed by atoms with Gasteiger partial charge in [-0.3, -0.25) is 0 Å². The summed E-state index contributed by atoms with van der Waals surface area (Å²) in [5.74, 6) is 0.889. The lowest BCUT2D eigenvalue weighted by Crippen LogP contribution is -2.18. The summed E-state index contributed by atoms with van der Waals surface area (Å²) in [5.41, 5.74) is 1.77. The van der Waals surface area contributed by atoms with Crippen molar-refractivity contribution in [2.24, 2.45) is 0 Å². The van der Waals surface area contributed by atoms with Crippen LogP contribution in [0.25, 0.3) is 0 Å². The van der Waals surface area contributed by atoms with Gasteiger partial charge in [0, 0.05) is 19.8 Å². The van der Waals surface area contributed by atoms with Gasteiger partial charge in [0.15, 0.2) is 0 Å². The quantitative estimate of drug-likeness (QED) is 0.873. The first-order chi connectivity index (χ1) is 8.70. The van der Waals surface area contributed by atoms with Crippen molar-refractivity contribution in [1.82, 2.24) is 4.98 Å². The molecule has 0 spiro atoms. The van der Waals surface area contributed by atoms with Gasteiger partial charge < -0.3 is 4.90 Å². The molecule has 1 aromatic carbocycles. The highest BCUT2D eigenvalue weighted by Gasteiger charge is 2.07. The number of benzene rings is 1. The molecule has 0 aliphatic heterocycles. The molecule has 2 rings (SSSR count). The number of anilines is 1. The minimum absolute atomic E-state index is 0.681. The highest BCUT2D eigenvalue weighted by molar-refractivity contribution is 9.10. The van der Waals surface area contributed by atoms with Crippen molar-refractivity contribution in [3.8, 4) is 6.07 Å². The molecule has 0 bridgehead atoms. The van der Waals surface area contributed by atoms with Gasteiger partial charge in [-0.1, -0.05) is 12.1 Å². The SMILES string of the molecule is CN(Cc1cccc(C#N)c1)c1ncccc1Br. The van der Waals surface area contributed by atoms with Crippen molar-refractivity contribution in [3.05, 3.63) is 58.2 Å². The molecule has 0 radical (unpaired) electrons. The van der Waals surface area contributed by atoms with Crippen LogP contribution in [0.1, 0.15) is 11.1 Å². The molecule has 4 heteroatoms. The largest absolute Gasteiger partial charge is 0.354 e. The Balaban J connectivity index is 2.19. The maximum Gasteiger partial charge on any atom is 0.142 e. The van der Waals surface area contributed by atoms with Gasteiger partial charge in [0.25, 0.3) is 0 Å². The van der Waals surface area contributed by atoms with Crippen LogP contribution in [0.4, 0.5) is 5.82 Å². The normalized spacial score (nSPS) is 9.83. The zero-order chi connectivity index (χ0) is 13.0. The van der Waals surface area contributed by atoms with E-state index in [0.717, 1.165) is 15.9 Å². The third kappa shape index (κ3) is 2.88. The van der Waals surface area contributed by atoms with Crippen LogP contribution in [0.3, 0.4) is 0 Å². The average Bonchev–Trinajstić information content (AvgIpc) is 2.39. The fourth-order valence-corrected chi connectivity index (χ4v) is 2.30. The molecule has 90 valence electrons. The Kier molecular flexibility index (Phi) is 3.96. The van der Waals surface area contributed by atoms with Crippen LogP contribution in [-0.2, 0) is 6.54 Å². The smallest absolute Gasteiger partial charge is 0.142 e. The lowest BCUT2D eigenvalue weighted by Gasteiger charge is -2.19. The molecule has 0 N–H and O–H groups in total. The summed E-state index contributed by atoms with van der Waals surface area (Å²) in [6.07, 6.45) is 1.77. The number of halogens is 1. The molecule has 3 nitrogen and oxygen atoms in total. The Hall–Kier alpha value is -1.86. The summed E-state index contributed by atoms with van der Waals surface area (Å²) < 4.78 is 0.962. The van der Waals surface area contributed by atoms with Gasteiger partial charge >= 0.3 is 0 Å². The zero-order valence-electron chi connectivity index (χ0n) is 9.97. The number of hydrogen-bond acceptors (Lipinski definition) is 3. The van der Waals surface area contributed by atoms with E-state index in [4.69, 9.17) is 5.26 Å². The van der Waals surface area contributed by atoms with Crippen molar-refractivity contribution in [2.75, 3.05) is 11.9 Å². The molecule has 0 aliphatic carbocycles. The van der Waals surface area contributed by atoms with E-state index >= 15 is 0 Å². The summed E-state index contributed by atoms with van der Waals surface area (Å²) in [6, 6.07) is 13.6. The zero-order valence-corrected chi connectivity index (χ0v) is 11.6. The van der Waals surface area contributed by atoms with Crippen LogP contribution in [0.2, 0.25) is 0 Å². The van der Waals surface area contributed by atoms with Crippen LogP contribution >= 0.6 is 15.9 Å². The molecule has 1 heterocycles. The predicted octanol–water partition coefficient (Wildman–Crippen LogP) is 3.35. The van der Waals surface area contributed by atoms with Crippen LogP contribution < -0.4 is 4.90 Å². The molecule has 0 atom stereocenters. The number of hydrogen-bond donors (Lipinski definition) is 0. The lowest BCUT2D eigenvalue weighted by molar-refractivity contribution is 0.893. The first kappa shape index (κ1) is 12.6. The van der Waals surface area contributed by atoms with Crippen molar-refractivity contribution < 1.29 is 0 Å². The number of aromatic nitrogens is 1. The first-order valence-corrected chi connectivity index (χ1v) is 6.30. The second-order valence-electron chi connectivity index (χ2n) is 3.98. The Labute approximate surface area is 115 Å². The fraction of sp³-hybridized carbons (Fsp3) is 0.143. The molecular formula is C14H12BrN3. The third-order valence-electron chi connectivity index (χ3n) is 2.58. The average molecular weight is 302 g/mol. The van der Waals surface area contributed by atoms with Crippen molar-refractivity contribution in [1.29, 1.82) is 5.26 Å². The van der Waals surface area contributed by atoms with Crippen LogP contribution in [0.15, 0.2) is 47.1 Å². The van der Waals surface area contributed by atoms with E-state index in [2.05, 4.69) is 27.0 Å². The van der Waals surface area contributed by atoms with Gasteiger partial charge in [-0.15, -0.1) is 0 Å². The topological polar surface area (TPSA) is 39.9 Å². The standard InChI is InChI=1S/C14H12BrN3/c1-18(14-13(15)6-3-7-17-14)10-12-5-2-4-11(8-12)9-16/h2-8H,10H2,1H3. The summed E-state index contributed by atoms with van der Waals surface area (Å²) in [6.45, 7) is 0.713. The molecule has 0 saturated carbocycles. The molecule has 0 amide bonds. The summed E-state index contributed by atoms with van der Waals surface area (Å²) in [7, 11) is 1.98. The Morgan fingerprint density at radius 1 is 1.33 bits per heavy atom. The summed E-state index contributed by atoms with van der Waals surface area (Å²) in [5, 5.41) is 8.87. The molecule has 2 aromatic rings. The van der Waals surface area contributed by atoms with E-state index in [1.807, 2.05) is 42.3 Å². The second kappa shape index (κ2) is 5.65. The molecule has 0 unspecified atom stereocenters. The van der Waals surface area contributed by atoms with Gasteiger partial charge in [0.1, 0.15) is 5.82 Å². The molecular weight excluding hydrogens is 290 g/mol. The Bertz CT molecular complexity index is 590. The van der Waals surface area contributed by atoms with E-state index in [1.165, 1.54) is 0 Å². The summed E-state index contributed by atoms with van der Waals surface area (Å²) >= 11 is 3.48. The summed E-state index contributed by atoms with van der Waals surface area (Å²) in [4.78, 5) is 6.37. The van der Waals surface area contributed by atoms with Crippen LogP contribution in [0.5, 0.6) is 0 Å². The van der Waals surface area contributed by atoms with Crippen molar-refractivity contribution >= 4 is 21.7 Å². The van der Waals surface area contributed by atoms with Gasteiger partial charge in [0.05, 0.1) is 16.1 Å². The Morgan fingerprint density at radius 2 is 2.17 bits per heavy atom. The maximum absolute atomic E-state index is 8.87.